The predicted molar refractivity (Wildman–Crippen MR) is 83.6 cm³/mol. The van der Waals surface area contributed by atoms with Crippen LogP contribution in [-0.4, -0.2) is 40.6 Å². The lowest BCUT2D eigenvalue weighted by atomic mass is 10.1. The molecule has 5 heteroatoms. The Morgan fingerprint density at radius 3 is 2.95 bits per heavy atom. The first-order valence-corrected chi connectivity index (χ1v) is 7.45. The fraction of sp³-hybridized carbons (Fsp3) is 0.400. The molecule has 0 saturated heterocycles. The van der Waals surface area contributed by atoms with Gasteiger partial charge in [-0.25, -0.2) is 0 Å². The quantitative estimate of drug-likeness (QED) is 0.880. The van der Waals surface area contributed by atoms with Crippen LogP contribution in [0.25, 0.3) is 10.9 Å². The van der Waals surface area contributed by atoms with Crippen molar-refractivity contribution in [3.8, 4) is 0 Å². The molecule has 108 valence electrons. The van der Waals surface area contributed by atoms with Gasteiger partial charge in [0.1, 0.15) is 0 Å². The monoisotopic (exact) mass is 338 g/mol. The van der Waals surface area contributed by atoms with Gasteiger partial charge >= 0.3 is 0 Å². The van der Waals surface area contributed by atoms with Crippen LogP contribution in [0.1, 0.15) is 18.9 Å². The molecule has 0 radical (unpaired) electrons. The molecule has 1 heterocycles. The maximum Gasteiger partial charge on any atom is 0.226 e. The largest absolute Gasteiger partial charge is 0.393 e. The van der Waals surface area contributed by atoms with Crippen LogP contribution in [0.4, 0.5) is 0 Å². The van der Waals surface area contributed by atoms with Gasteiger partial charge in [-0.1, -0.05) is 22.0 Å². The lowest BCUT2D eigenvalue weighted by Crippen LogP contribution is -2.30. The van der Waals surface area contributed by atoms with Crippen LogP contribution in [0.2, 0.25) is 0 Å². The van der Waals surface area contributed by atoms with Crippen LogP contribution in [0, 0.1) is 0 Å². The van der Waals surface area contributed by atoms with E-state index in [0.29, 0.717) is 19.4 Å². The number of aliphatic hydroxyl groups is 1. The highest BCUT2D eigenvalue weighted by Crippen LogP contribution is 2.27. The number of halogens is 1. The average Bonchev–Trinajstić information content (AvgIpc) is 2.80. The van der Waals surface area contributed by atoms with Crippen LogP contribution in [0.5, 0.6) is 0 Å². The standard InChI is InChI=1S/C15H19BrN2O2/c1-10(19)6-7-18(2)14(20)8-11-9-17-13-5-3-4-12(16)15(11)13/h3-5,9-10,17,19H,6-8H2,1-2H3. The zero-order valence-electron chi connectivity index (χ0n) is 11.7. The zero-order valence-corrected chi connectivity index (χ0v) is 13.3. The topological polar surface area (TPSA) is 56.3 Å². The number of likely N-dealkylation sites (N-methyl/N-ethyl adjacent to an activating group) is 1. The van der Waals surface area contributed by atoms with Crippen LogP contribution in [0.3, 0.4) is 0 Å². The summed E-state index contributed by atoms with van der Waals surface area (Å²) in [6.45, 7) is 2.30. The first-order chi connectivity index (χ1) is 9.49. The number of aromatic amines is 1. The van der Waals surface area contributed by atoms with Crippen molar-refractivity contribution in [2.45, 2.75) is 25.9 Å². The van der Waals surface area contributed by atoms with E-state index in [2.05, 4.69) is 20.9 Å². The molecular weight excluding hydrogens is 320 g/mol. The van der Waals surface area contributed by atoms with Gasteiger partial charge in [0, 0.05) is 35.2 Å². The Labute approximate surface area is 126 Å². The third-order valence-electron chi connectivity index (χ3n) is 3.39. The molecule has 2 N–H and O–H groups in total. The molecule has 4 nitrogen and oxygen atoms in total. The van der Waals surface area contributed by atoms with E-state index in [9.17, 15) is 9.90 Å². The third-order valence-corrected chi connectivity index (χ3v) is 4.05. The Balaban J connectivity index is 2.10. The predicted octanol–water partition coefficient (Wildman–Crippen LogP) is 2.70. The van der Waals surface area contributed by atoms with Gasteiger partial charge in [-0.15, -0.1) is 0 Å². The van der Waals surface area contributed by atoms with E-state index in [0.717, 1.165) is 20.9 Å². The second-order valence-corrected chi connectivity index (χ2v) is 5.96. The van der Waals surface area contributed by atoms with E-state index >= 15 is 0 Å². The molecule has 20 heavy (non-hydrogen) atoms. The van der Waals surface area contributed by atoms with Crippen molar-refractivity contribution >= 4 is 32.7 Å². The van der Waals surface area contributed by atoms with Gasteiger partial charge in [-0.2, -0.15) is 0 Å². The summed E-state index contributed by atoms with van der Waals surface area (Å²) in [7, 11) is 1.77. The molecule has 2 aromatic rings. The molecular formula is C15H19BrN2O2. The van der Waals surface area contributed by atoms with E-state index < -0.39 is 0 Å². The van der Waals surface area contributed by atoms with E-state index in [4.69, 9.17) is 0 Å². The number of benzene rings is 1. The number of nitrogens with zero attached hydrogens (tertiary/aromatic N) is 1. The summed E-state index contributed by atoms with van der Waals surface area (Å²) < 4.78 is 0.991. The summed E-state index contributed by atoms with van der Waals surface area (Å²) in [4.78, 5) is 17.0. The Morgan fingerprint density at radius 1 is 1.50 bits per heavy atom. The fourth-order valence-electron chi connectivity index (χ4n) is 2.15. The maximum absolute atomic E-state index is 12.2. The lowest BCUT2D eigenvalue weighted by molar-refractivity contribution is -0.129. The molecule has 1 aromatic heterocycles. The number of aliphatic hydroxyl groups excluding tert-OH is 1. The minimum atomic E-state index is -0.382. The SMILES string of the molecule is CC(O)CCN(C)C(=O)Cc1c[nH]c2cccc(Br)c12. The number of hydrogen-bond donors (Lipinski definition) is 2. The van der Waals surface area contributed by atoms with Crippen LogP contribution in [0.15, 0.2) is 28.9 Å². The molecule has 0 aliphatic rings. The second kappa shape index (κ2) is 6.41. The lowest BCUT2D eigenvalue weighted by Gasteiger charge is -2.17. The van der Waals surface area contributed by atoms with Gasteiger partial charge in [0.25, 0.3) is 0 Å². The number of carbonyl (C=O) groups excluding carboxylic acids is 1. The first-order valence-electron chi connectivity index (χ1n) is 6.65. The number of H-pyrrole nitrogens is 1. The van der Waals surface area contributed by atoms with Gasteiger partial charge in [-0.3, -0.25) is 4.79 Å². The Kier molecular flexibility index (Phi) is 4.83. The molecule has 0 aliphatic heterocycles. The van der Waals surface area contributed by atoms with E-state index in [1.807, 2.05) is 24.4 Å². The molecule has 0 fully saturated rings. The number of amides is 1. The van der Waals surface area contributed by atoms with Crippen molar-refractivity contribution in [3.05, 3.63) is 34.4 Å². The molecule has 0 saturated carbocycles. The molecule has 1 aromatic carbocycles. The Bertz CT molecular complexity index is 607. The van der Waals surface area contributed by atoms with Gasteiger partial charge in [0.05, 0.1) is 12.5 Å². The molecule has 0 bridgehead atoms. The maximum atomic E-state index is 12.2. The summed E-state index contributed by atoms with van der Waals surface area (Å²) >= 11 is 3.53. The Hall–Kier alpha value is -1.33. The van der Waals surface area contributed by atoms with E-state index in [1.165, 1.54) is 0 Å². The zero-order chi connectivity index (χ0) is 14.7. The molecule has 0 aliphatic carbocycles. The summed E-state index contributed by atoms with van der Waals surface area (Å²) in [5, 5.41) is 10.3. The summed E-state index contributed by atoms with van der Waals surface area (Å²) in [6, 6.07) is 5.93. The number of nitrogens with one attached hydrogen (secondary N) is 1. The molecule has 2 rings (SSSR count). The van der Waals surface area contributed by atoms with Gasteiger partial charge in [0.15, 0.2) is 0 Å². The number of aromatic nitrogens is 1. The van der Waals surface area contributed by atoms with Gasteiger partial charge in [-0.05, 0) is 31.0 Å². The number of fused-ring (bicyclic) bond motifs is 1. The smallest absolute Gasteiger partial charge is 0.226 e. The number of hydrogen-bond acceptors (Lipinski definition) is 2. The van der Waals surface area contributed by atoms with E-state index in [1.54, 1.807) is 18.9 Å². The van der Waals surface area contributed by atoms with Gasteiger partial charge < -0.3 is 15.0 Å². The first kappa shape index (κ1) is 15.1. The van der Waals surface area contributed by atoms with Crippen molar-refractivity contribution < 1.29 is 9.90 Å². The molecule has 1 unspecified atom stereocenters. The molecule has 1 amide bonds. The fourth-order valence-corrected chi connectivity index (χ4v) is 2.77. The van der Waals surface area contributed by atoms with E-state index in [-0.39, 0.29) is 12.0 Å². The van der Waals surface area contributed by atoms with Crippen molar-refractivity contribution in [2.75, 3.05) is 13.6 Å². The summed E-state index contributed by atoms with van der Waals surface area (Å²) in [5.74, 6) is 0.0577. The highest BCUT2D eigenvalue weighted by molar-refractivity contribution is 9.10. The molecule has 0 spiro atoms. The van der Waals surface area contributed by atoms with Crippen molar-refractivity contribution in [3.63, 3.8) is 0 Å². The van der Waals surface area contributed by atoms with Gasteiger partial charge in [0.2, 0.25) is 5.91 Å². The molecule has 1 atom stereocenters. The van der Waals surface area contributed by atoms with Crippen molar-refractivity contribution in [2.24, 2.45) is 0 Å². The minimum Gasteiger partial charge on any atom is -0.393 e. The van der Waals surface area contributed by atoms with Crippen LogP contribution >= 0.6 is 15.9 Å². The summed E-state index contributed by atoms with van der Waals surface area (Å²) in [6.07, 6.45) is 2.46. The van der Waals surface area contributed by atoms with Crippen LogP contribution < -0.4 is 0 Å². The number of rotatable bonds is 5. The normalized spacial score (nSPS) is 12.6. The Morgan fingerprint density at radius 2 is 2.25 bits per heavy atom. The van der Waals surface area contributed by atoms with Crippen molar-refractivity contribution in [1.29, 1.82) is 0 Å². The van der Waals surface area contributed by atoms with Crippen LogP contribution in [-0.2, 0) is 11.2 Å². The number of carbonyl (C=O) groups is 1. The van der Waals surface area contributed by atoms with Crippen molar-refractivity contribution in [1.82, 2.24) is 9.88 Å². The highest BCUT2D eigenvalue weighted by Gasteiger charge is 2.14. The summed E-state index contributed by atoms with van der Waals surface area (Å²) in [5.41, 5.74) is 2.01. The average molecular weight is 339 g/mol. The minimum absolute atomic E-state index is 0.0577. The highest BCUT2D eigenvalue weighted by atomic mass is 79.9. The third kappa shape index (κ3) is 3.41. The second-order valence-electron chi connectivity index (χ2n) is 5.11.